The molecule has 0 aromatic heterocycles. The van der Waals surface area contributed by atoms with Crippen LogP contribution < -0.4 is 22.9 Å². The minimum absolute atomic E-state index is 0. The van der Waals surface area contributed by atoms with Gasteiger partial charge in [0.05, 0.1) is 0 Å². The second-order valence-electron chi connectivity index (χ2n) is 4.67. The standard InChI is InChI=1S/2C5H12N2.4ClH/c2*6-4-1-2-5(7)3-4;;;;/h2*4-5H,1-3,6-7H2;4*1H/t2*4-,5+;;;;. The lowest BCUT2D eigenvalue weighted by molar-refractivity contribution is 0.666. The molecular formula is C10H28Cl4N4. The summed E-state index contributed by atoms with van der Waals surface area (Å²) < 4.78 is 0. The van der Waals surface area contributed by atoms with Crippen LogP contribution in [0.15, 0.2) is 0 Å². The van der Waals surface area contributed by atoms with Gasteiger partial charge in [-0.3, -0.25) is 0 Å². The predicted octanol–water partition coefficient (Wildman–Crippen LogP) is 1.34. The van der Waals surface area contributed by atoms with Crippen LogP contribution in [0.5, 0.6) is 0 Å². The van der Waals surface area contributed by atoms with Gasteiger partial charge in [-0.25, -0.2) is 0 Å². The second kappa shape index (κ2) is 14.4. The molecule has 0 aromatic carbocycles. The summed E-state index contributed by atoms with van der Waals surface area (Å²) in [5.74, 6) is 0. The minimum Gasteiger partial charge on any atom is -0.328 e. The van der Waals surface area contributed by atoms with Crippen molar-refractivity contribution in [2.75, 3.05) is 0 Å². The van der Waals surface area contributed by atoms with Crippen molar-refractivity contribution in [3.05, 3.63) is 0 Å². The normalized spacial score (nSPS) is 32.7. The smallest absolute Gasteiger partial charge is 0.00541 e. The molecule has 0 aromatic rings. The molecule has 0 unspecified atom stereocenters. The van der Waals surface area contributed by atoms with Crippen LogP contribution in [-0.4, -0.2) is 24.2 Å². The van der Waals surface area contributed by atoms with Gasteiger partial charge >= 0.3 is 0 Å². The highest BCUT2D eigenvalue weighted by Crippen LogP contribution is 2.14. The van der Waals surface area contributed by atoms with Gasteiger partial charge < -0.3 is 22.9 Å². The topological polar surface area (TPSA) is 104 Å². The van der Waals surface area contributed by atoms with Crippen molar-refractivity contribution < 1.29 is 0 Å². The fourth-order valence-corrected chi connectivity index (χ4v) is 2.11. The van der Waals surface area contributed by atoms with E-state index < -0.39 is 0 Å². The van der Waals surface area contributed by atoms with Crippen LogP contribution in [0.25, 0.3) is 0 Å². The molecule has 116 valence electrons. The van der Waals surface area contributed by atoms with Crippen molar-refractivity contribution in [2.45, 2.75) is 62.7 Å². The van der Waals surface area contributed by atoms with E-state index in [4.69, 9.17) is 22.9 Å². The maximum absolute atomic E-state index is 5.55. The molecule has 2 aliphatic carbocycles. The van der Waals surface area contributed by atoms with Crippen LogP contribution >= 0.6 is 49.6 Å². The Morgan fingerprint density at radius 2 is 0.611 bits per heavy atom. The third-order valence-electron chi connectivity index (χ3n) is 3.03. The summed E-state index contributed by atoms with van der Waals surface area (Å²) >= 11 is 0. The molecule has 2 rings (SSSR count). The van der Waals surface area contributed by atoms with Gasteiger partial charge in [0.2, 0.25) is 0 Å². The maximum atomic E-state index is 5.55. The summed E-state index contributed by atoms with van der Waals surface area (Å²) in [6.45, 7) is 0. The molecular weight excluding hydrogens is 318 g/mol. The average Bonchev–Trinajstić information content (AvgIpc) is 2.63. The Labute approximate surface area is 135 Å². The molecule has 2 fully saturated rings. The van der Waals surface area contributed by atoms with Gasteiger partial charge in [-0.1, -0.05) is 0 Å². The van der Waals surface area contributed by atoms with Gasteiger partial charge in [-0.2, -0.15) is 0 Å². The Balaban J connectivity index is -0.0000000891. The summed E-state index contributed by atoms with van der Waals surface area (Å²) in [7, 11) is 0. The molecule has 0 spiro atoms. The predicted molar refractivity (Wildman–Crippen MR) is 88.6 cm³/mol. The molecule has 0 amide bonds. The fraction of sp³-hybridized carbons (Fsp3) is 1.00. The highest BCUT2D eigenvalue weighted by Gasteiger charge is 2.17. The van der Waals surface area contributed by atoms with Crippen LogP contribution in [0.2, 0.25) is 0 Å². The number of nitrogens with two attached hydrogens (primary N) is 4. The molecule has 0 heterocycles. The molecule has 2 saturated carbocycles. The SMILES string of the molecule is Cl.Cl.Cl.Cl.N[C@@H]1CC[C@H](N)C1.N[C@@H]1CC[C@H](N)C1. The third kappa shape index (κ3) is 12.1. The van der Waals surface area contributed by atoms with Crippen molar-refractivity contribution >= 4 is 49.6 Å². The Kier molecular flexibility index (Phi) is 21.9. The molecule has 4 nitrogen and oxygen atoms in total. The van der Waals surface area contributed by atoms with Crippen molar-refractivity contribution in [2.24, 2.45) is 22.9 Å². The first kappa shape index (κ1) is 27.4. The Bertz CT molecular complexity index is 142. The van der Waals surface area contributed by atoms with Gasteiger partial charge in [0.1, 0.15) is 0 Å². The Morgan fingerprint density at radius 3 is 0.667 bits per heavy atom. The summed E-state index contributed by atoms with van der Waals surface area (Å²) in [4.78, 5) is 0. The molecule has 0 bridgehead atoms. The number of hydrogen-bond acceptors (Lipinski definition) is 4. The van der Waals surface area contributed by atoms with E-state index in [1.165, 1.54) is 0 Å². The van der Waals surface area contributed by atoms with Crippen LogP contribution in [-0.2, 0) is 0 Å². The van der Waals surface area contributed by atoms with E-state index in [0.717, 1.165) is 38.5 Å². The van der Waals surface area contributed by atoms with Crippen molar-refractivity contribution in [3.8, 4) is 0 Å². The van der Waals surface area contributed by atoms with Crippen LogP contribution in [0.1, 0.15) is 38.5 Å². The molecule has 2 aliphatic rings. The fourth-order valence-electron chi connectivity index (χ4n) is 2.11. The van der Waals surface area contributed by atoms with Crippen LogP contribution in [0.4, 0.5) is 0 Å². The van der Waals surface area contributed by atoms with Crippen molar-refractivity contribution in [1.82, 2.24) is 0 Å². The van der Waals surface area contributed by atoms with E-state index in [1.54, 1.807) is 0 Å². The third-order valence-corrected chi connectivity index (χ3v) is 3.03. The van der Waals surface area contributed by atoms with E-state index >= 15 is 0 Å². The molecule has 8 heteroatoms. The molecule has 18 heavy (non-hydrogen) atoms. The first-order chi connectivity index (χ1) is 6.58. The molecule has 0 aliphatic heterocycles. The first-order valence-electron chi connectivity index (χ1n) is 5.60. The summed E-state index contributed by atoms with van der Waals surface area (Å²) in [6, 6.07) is 1.59. The van der Waals surface area contributed by atoms with Gasteiger partial charge in [-0.15, -0.1) is 49.6 Å². The quantitative estimate of drug-likeness (QED) is 0.531. The van der Waals surface area contributed by atoms with E-state index in [-0.39, 0.29) is 49.6 Å². The van der Waals surface area contributed by atoms with Crippen LogP contribution in [0.3, 0.4) is 0 Å². The monoisotopic (exact) mass is 344 g/mol. The van der Waals surface area contributed by atoms with Crippen LogP contribution in [0, 0.1) is 0 Å². The summed E-state index contributed by atoms with van der Waals surface area (Å²) in [5, 5.41) is 0. The van der Waals surface area contributed by atoms with E-state index in [1.807, 2.05) is 0 Å². The van der Waals surface area contributed by atoms with E-state index in [0.29, 0.717) is 24.2 Å². The molecule has 0 saturated heterocycles. The number of halogens is 4. The second-order valence-corrected chi connectivity index (χ2v) is 4.67. The van der Waals surface area contributed by atoms with Gasteiger partial charge in [0.15, 0.2) is 0 Å². The van der Waals surface area contributed by atoms with Gasteiger partial charge in [0, 0.05) is 24.2 Å². The summed E-state index contributed by atoms with van der Waals surface area (Å²) in [6.07, 6.45) is 6.56. The van der Waals surface area contributed by atoms with Crippen molar-refractivity contribution in [1.29, 1.82) is 0 Å². The molecule has 8 N–H and O–H groups in total. The lowest BCUT2D eigenvalue weighted by atomic mass is 10.2. The van der Waals surface area contributed by atoms with Crippen molar-refractivity contribution in [3.63, 3.8) is 0 Å². The molecule has 4 atom stereocenters. The van der Waals surface area contributed by atoms with Gasteiger partial charge in [-0.05, 0) is 38.5 Å². The Morgan fingerprint density at radius 1 is 0.444 bits per heavy atom. The van der Waals surface area contributed by atoms with E-state index in [9.17, 15) is 0 Å². The number of hydrogen-bond donors (Lipinski definition) is 4. The average molecular weight is 346 g/mol. The largest absolute Gasteiger partial charge is 0.328 e. The highest BCUT2D eigenvalue weighted by atomic mass is 35.5. The molecule has 0 radical (unpaired) electrons. The van der Waals surface area contributed by atoms with Gasteiger partial charge in [0.25, 0.3) is 0 Å². The lowest BCUT2D eigenvalue weighted by Gasteiger charge is -1.97. The highest BCUT2D eigenvalue weighted by molar-refractivity contribution is 5.86. The summed E-state index contributed by atoms with van der Waals surface area (Å²) in [5.41, 5.74) is 22.2. The zero-order valence-electron chi connectivity index (χ0n) is 10.5. The Hall–Kier alpha value is 1.000. The maximum Gasteiger partial charge on any atom is 0.00541 e. The zero-order chi connectivity index (χ0) is 10.6. The van der Waals surface area contributed by atoms with E-state index in [2.05, 4.69) is 0 Å². The zero-order valence-corrected chi connectivity index (χ0v) is 13.8. The lowest BCUT2D eigenvalue weighted by Crippen LogP contribution is -2.20. The minimum atomic E-state index is 0. The first-order valence-corrected chi connectivity index (χ1v) is 5.60. The number of rotatable bonds is 0.